The van der Waals surface area contributed by atoms with Gasteiger partial charge >= 0.3 is 0 Å². The normalized spacial score (nSPS) is 18.1. The molecule has 0 fully saturated rings. The topological polar surface area (TPSA) is 61.8 Å². The summed E-state index contributed by atoms with van der Waals surface area (Å²) in [6, 6.07) is 5.78. The Hall–Kier alpha value is -2.12. The summed E-state index contributed by atoms with van der Waals surface area (Å²) in [4.78, 5) is 3.98. The Morgan fingerprint density at radius 1 is 1.40 bits per heavy atom. The van der Waals surface area contributed by atoms with Crippen LogP contribution in [0.1, 0.15) is 47.8 Å². The Morgan fingerprint density at radius 3 is 3.15 bits per heavy atom. The minimum absolute atomic E-state index is 0.333. The molecule has 1 unspecified atom stereocenters. The van der Waals surface area contributed by atoms with Crippen LogP contribution in [0.3, 0.4) is 0 Å². The van der Waals surface area contributed by atoms with Gasteiger partial charge in [-0.1, -0.05) is 6.42 Å². The number of hydrogen-bond acceptors (Lipinski definition) is 3. The van der Waals surface area contributed by atoms with Gasteiger partial charge in [-0.2, -0.15) is 5.26 Å². The Kier molecular flexibility index (Phi) is 3.53. The van der Waals surface area contributed by atoms with Crippen molar-refractivity contribution < 1.29 is 5.11 Å². The predicted octanol–water partition coefficient (Wildman–Crippen LogP) is 2.56. The summed E-state index contributed by atoms with van der Waals surface area (Å²) in [5, 5.41) is 19.0. The van der Waals surface area contributed by atoms with Crippen molar-refractivity contribution in [1.82, 2.24) is 9.55 Å². The third-order valence-electron chi connectivity index (χ3n) is 3.83. The monoisotopic (exact) mass is 267 g/mol. The van der Waals surface area contributed by atoms with Crippen molar-refractivity contribution in [2.75, 3.05) is 0 Å². The van der Waals surface area contributed by atoms with Crippen molar-refractivity contribution >= 4 is 0 Å². The zero-order chi connectivity index (χ0) is 13.9. The number of pyridine rings is 1. The van der Waals surface area contributed by atoms with Gasteiger partial charge in [0.15, 0.2) is 0 Å². The first kappa shape index (κ1) is 12.9. The number of hydrogen-bond donors (Lipinski definition) is 1. The second-order valence-corrected chi connectivity index (χ2v) is 5.33. The largest absolute Gasteiger partial charge is 0.388 e. The summed E-state index contributed by atoms with van der Waals surface area (Å²) < 4.78 is 2.09. The van der Waals surface area contributed by atoms with Gasteiger partial charge in [-0.3, -0.25) is 0 Å². The fraction of sp³-hybridized carbons (Fsp3) is 0.375. The Balaban J connectivity index is 1.85. The maximum Gasteiger partial charge on any atom is 0.140 e. The van der Waals surface area contributed by atoms with Crippen LogP contribution >= 0.6 is 0 Å². The molecule has 102 valence electrons. The summed E-state index contributed by atoms with van der Waals surface area (Å²) in [5.41, 5.74) is 3.81. The molecule has 1 N–H and O–H groups in total. The predicted molar refractivity (Wildman–Crippen MR) is 75.0 cm³/mol. The van der Waals surface area contributed by atoms with Crippen LogP contribution in [-0.2, 0) is 13.0 Å². The molecule has 0 radical (unpaired) electrons. The van der Waals surface area contributed by atoms with E-state index < -0.39 is 0 Å². The number of nitriles is 1. The first-order chi connectivity index (χ1) is 9.76. The molecule has 0 amide bonds. The van der Waals surface area contributed by atoms with Crippen molar-refractivity contribution in [1.29, 1.82) is 5.26 Å². The van der Waals surface area contributed by atoms with Gasteiger partial charge < -0.3 is 9.67 Å². The van der Waals surface area contributed by atoms with Crippen molar-refractivity contribution in [3.8, 4) is 6.07 Å². The number of aromatic nitrogens is 2. The Morgan fingerprint density at radius 2 is 2.30 bits per heavy atom. The molecule has 1 aliphatic carbocycles. The van der Waals surface area contributed by atoms with Crippen LogP contribution in [0.15, 0.2) is 30.7 Å². The molecule has 2 heterocycles. The molecule has 2 aromatic rings. The smallest absolute Gasteiger partial charge is 0.140 e. The van der Waals surface area contributed by atoms with Crippen LogP contribution in [-0.4, -0.2) is 14.7 Å². The zero-order valence-electron chi connectivity index (χ0n) is 11.3. The van der Waals surface area contributed by atoms with E-state index in [1.54, 1.807) is 6.20 Å². The van der Waals surface area contributed by atoms with Gasteiger partial charge in [0.2, 0.25) is 0 Å². The molecule has 3 rings (SSSR count). The summed E-state index contributed by atoms with van der Waals surface area (Å²) in [6.45, 7) is 0.705. The highest BCUT2D eigenvalue weighted by Gasteiger charge is 2.18. The summed E-state index contributed by atoms with van der Waals surface area (Å²) in [7, 11) is 0. The van der Waals surface area contributed by atoms with Crippen molar-refractivity contribution in [3.05, 3.63) is 53.1 Å². The van der Waals surface area contributed by atoms with E-state index in [2.05, 4.69) is 21.8 Å². The lowest BCUT2D eigenvalue weighted by atomic mass is 10.1. The number of aliphatic hydroxyl groups excluding tert-OH is 1. The molecule has 0 saturated heterocycles. The maximum atomic E-state index is 10.1. The molecule has 0 bridgehead atoms. The van der Waals surface area contributed by atoms with Crippen LogP contribution < -0.4 is 0 Å². The summed E-state index contributed by atoms with van der Waals surface area (Å²) >= 11 is 0. The number of rotatable bonds is 2. The lowest BCUT2D eigenvalue weighted by molar-refractivity contribution is 0.166. The highest BCUT2D eigenvalue weighted by atomic mass is 16.3. The standard InChI is InChI=1S/C16H17N3O/c17-8-14-7-12(5-6-18-14)9-19-10-13-3-1-2-4-16(20)15(13)11-19/h5-7,10-11,16,20H,1-4,9H2. The molecule has 0 saturated carbocycles. The van der Waals surface area contributed by atoms with Gasteiger partial charge in [-0.05, 0) is 42.5 Å². The van der Waals surface area contributed by atoms with Crippen LogP contribution in [0, 0.1) is 11.3 Å². The quantitative estimate of drug-likeness (QED) is 0.851. The van der Waals surface area contributed by atoms with Gasteiger partial charge in [0.1, 0.15) is 11.8 Å². The molecule has 2 aromatic heterocycles. The van der Waals surface area contributed by atoms with Gasteiger partial charge in [-0.25, -0.2) is 4.98 Å². The lowest BCUT2D eigenvalue weighted by Gasteiger charge is -2.06. The van der Waals surface area contributed by atoms with Crippen molar-refractivity contribution in [3.63, 3.8) is 0 Å². The number of aryl methyl sites for hydroxylation is 1. The molecule has 0 aliphatic heterocycles. The van der Waals surface area contributed by atoms with Crippen molar-refractivity contribution in [2.24, 2.45) is 0 Å². The van der Waals surface area contributed by atoms with Crippen LogP contribution in [0.25, 0.3) is 0 Å². The second-order valence-electron chi connectivity index (χ2n) is 5.33. The van der Waals surface area contributed by atoms with Crippen molar-refractivity contribution in [2.45, 2.75) is 38.3 Å². The van der Waals surface area contributed by atoms with Gasteiger partial charge in [0.05, 0.1) is 6.10 Å². The van der Waals surface area contributed by atoms with Crippen LogP contribution in [0.2, 0.25) is 0 Å². The lowest BCUT2D eigenvalue weighted by Crippen LogP contribution is -1.99. The highest BCUT2D eigenvalue weighted by Crippen LogP contribution is 2.29. The Bertz CT molecular complexity index is 654. The van der Waals surface area contributed by atoms with E-state index in [1.165, 1.54) is 5.56 Å². The van der Waals surface area contributed by atoms with Crippen LogP contribution in [0.5, 0.6) is 0 Å². The molecular weight excluding hydrogens is 250 g/mol. The fourth-order valence-electron chi connectivity index (χ4n) is 2.83. The third-order valence-corrected chi connectivity index (χ3v) is 3.83. The molecule has 20 heavy (non-hydrogen) atoms. The average molecular weight is 267 g/mol. The van der Waals surface area contributed by atoms with E-state index in [9.17, 15) is 5.11 Å². The molecule has 0 aromatic carbocycles. The number of aliphatic hydroxyl groups is 1. The van der Waals surface area contributed by atoms with E-state index in [1.807, 2.05) is 18.3 Å². The minimum atomic E-state index is -0.333. The first-order valence-electron chi connectivity index (χ1n) is 6.98. The van der Waals surface area contributed by atoms with E-state index in [4.69, 9.17) is 5.26 Å². The number of nitrogens with zero attached hydrogens (tertiary/aromatic N) is 3. The van der Waals surface area contributed by atoms with E-state index in [-0.39, 0.29) is 6.10 Å². The second kappa shape index (κ2) is 5.48. The molecule has 1 aliphatic rings. The van der Waals surface area contributed by atoms with E-state index >= 15 is 0 Å². The molecule has 4 nitrogen and oxygen atoms in total. The molecular formula is C16H17N3O. The summed E-state index contributed by atoms with van der Waals surface area (Å²) in [5.74, 6) is 0. The van der Waals surface area contributed by atoms with Gasteiger partial charge in [0.25, 0.3) is 0 Å². The highest BCUT2D eigenvalue weighted by molar-refractivity contribution is 5.30. The Labute approximate surface area is 118 Å². The zero-order valence-corrected chi connectivity index (χ0v) is 11.3. The molecule has 4 heteroatoms. The van der Waals surface area contributed by atoms with Gasteiger partial charge in [-0.15, -0.1) is 0 Å². The third kappa shape index (κ3) is 2.59. The van der Waals surface area contributed by atoms with E-state index in [0.29, 0.717) is 12.2 Å². The molecule has 1 atom stereocenters. The minimum Gasteiger partial charge on any atom is -0.388 e. The van der Waals surface area contributed by atoms with E-state index in [0.717, 1.165) is 36.8 Å². The number of fused-ring (bicyclic) bond motifs is 1. The average Bonchev–Trinajstić information content (AvgIpc) is 2.78. The maximum absolute atomic E-state index is 10.1. The van der Waals surface area contributed by atoms with Gasteiger partial charge in [0, 0.05) is 30.7 Å². The fourth-order valence-corrected chi connectivity index (χ4v) is 2.83. The first-order valence-corrected chi connectivity index (χ1v) is 6.98. The summed E-state index contributed by atoms with van der Waals surface area (Å²) in [6.07, 6.45) is 9.61. The SMILES string of the molecule is N#Cc1cc(Cn2cc3c(c2)C(O)CCCC3)ccn1. The molecule has 0 spiro atoms. The van der Waals surface area contributed by atoms with Crippen LogP contribution in [0.4, 0.5) is 0 Å².